The molecule has 1 aromatic rings. The minimum absolute atomic E-state index is 0.125. The fraction of sp³-hybridized carbons (Fsp3) is 0.500. The maximum Gasteiger partial charge on any atom is 0.234 e. The van der Waals surface area contributed by atoms with Crippen molar-refractivity contribution in [1.29, 1.82) is 0 Å². The van der Waals surface area contributed by atoms with E-state index in [9.17, 15) is 4.79 Å². The predicted octanol–water partition coefficient (Wildman–Crippen LogP) is 0.435. The summed E-state index contributed by atoms with van der Waals surface area (Å²) < 4.78 is 0. The summed E-state index contributed by atoms with van der Waals surface area (Å²) in [4.78, 5) is 13.7. The first-order valence-electron chi connectivity index (χ1n) is 6.53. The fourth-order valence-corrected chi connectivity index (χ4v) is 2.97. The molecule has 0 spiro atoms. The number of piperazine rings is 1. The van der Waals surface area contributed by atoms with Crippen molar-refractivity contribution in [3.63, 3.8) is 0 Å². The van der Waals surface area contributed by atoms with Crippen molar-refractivity contribution >= 4 is 5.91 Å². The van der Waals surface area contributed by atoms with Crippen molar-refractivity contribution in [3.8, 4) is 0 Å². The van der Waals surface area contributed by atoms with Crippen LogP contribution in [0.25, 0.3) is 0 Å². The standard InChI is InChI=1S/C14H19N3O/c1-17-8-13(16-14(18)9-17)12-4-2-3-10-7-15-6-5-11(10)12/h2-4,13,15H,5-9H2,1H3,(H,16,18). The van der Waals surface area contributed by atoms with E-state index in [2.05, 4.69) is 33.7 Å². The second-order valence-electron chi connectivity index (χ2n) is 5.23. The van der Waals surface area contributed by atoms with Crippen LogP contribution in [0, 0.1) is 0 Å². The number of amides is 1. The number of likely N-dealkylation sites (N-methyl/N-ethyl adjacent to an activating group) is 1. The Hall–Kier alpha value is -1.39. The van der Waals surface area contributed by atoms with E-state index in [1.54, 1.807) is 0 Å². The van der Waals surface area contributed by atoms with Gasteiger partial charge in [0.25, 0.3) is 0 Å². The molecule has 1 fully saturated rings. The Balaban J connectivity index is 1.94. The molecular formula is C14H19N3O. The molecule has 0 aromatic heterocycles. The summed E-state index contributed by atoms with van der Waals surface area (Å²) in [6.07, 6.45) is 1.06. The molecule has 18 heavy (non-hydrogen) atoms. The van der Waals surface area contributed by atoms with Crippen molar-refractivity contribution in [2.45, 2.75) is 19.0 Å². The third-order valence-electron chi connectivity index (χ3n) is 3.79. The Labute approximate surface area is 107 Å². The molecule has 0 saturated carbocycles. The second kappa shape index (κ2) is 4.71. The molecule has 4 nitrogen and oxygen atoms in total. The molecule has 1 amide bonds. The van der Waals surface area contributed by atoms with Gasteiger partial charge < -0.3 is 10.6 Å². The normalized spacial score (nSPS) is 24.5. The van der Waals surface area contributed by atoms with Gasteiger partial charge in [-0.05, 0) is 36.7 Å². The first kappa shape index (κ1) is 11.7. The summed E-state index contributed by atoms with van der Waals surface area (Å²) in [5, 5.41) is 6.50. The molecule has 0 aliphatic carbocycles. The van der Waals surface area contributed by atoms with Crippen LogP contribution in [0.4, 0.5) is 0 Å². The van der Waals surface area contributed by atoms with Crippen molar-refractivity contribution < 1.29 is 4.79 Å². The van der Waals surface area contributed by atoms with Crippen LogP contribution in [0.2, 0.25) is 0 Å². The molecule has 0 bridgehead atoms. The second-order valence-corrected chi connectivity index (χ2v) is 5.23. The Morgan fingerprint density at radius 3 is 3.11 bits per heavy atom. The largest absolute Gasteiger partial charge is 0.347 e. The third-order valence-corrected chi connectivity index (χ3v) is 3.79. The van der Waals surface area contributed by atoms with Gasteiger partial charge >= 0.3 is 0 Å². The lowest BCUT2D eigenvalue weighted by Crippen LogP contribution is -2.48. The van der Waals surface area contributed by atoms with Crippen molar-refractivity contribution in [3.05, 3.63) is 34.9 Å². The molecule has 4 heteroatoms. The predicted molar refractivity (Wildman–Crippen MR) is 70.2 cm³/mol. The van der Waals surface area contributed by atoms with Gasteiger partial charge in [-0.25, -0.2) is 0 Å². The van der Waals surface area contributed by atoms with E-state index in [0.29, 0.717) is 6.54 Å². The van der Waals surface area contributed by atoms with Crippen LogP contribution >= 0.6 is 0 Å². The summed E-state index contributed by atoms with van der Waals surface area (Å²) in [6.45, 7) is 3.38. The Morgan fingerprint density at radius 1 is 1.39 bits per heavy atom. The van der Waals surface area contributed by atoms with Crippen LogP contribution in [0.3, 0.4) is 0 Å². The molecule has 1 aromatic carbocycles. The minimum atomic E-state index is 0.125. The molecule has 96 valence electrons. The van der Waals surface area contributed by atoms with Crippen molar-refractivity contribution in [2.75, 3.05) is 26.7 Å². The lowest BCUT2D eigenvalue weighted by Gasteiger charge is -2.33. The highest BCUT2D eigenvalue weighted by molar-refractivity contribution is 5.79. The van der Waals surface area contributed by atoms with E-state index in [-0.39, 0.29) is 11.9 Å². The number of rotatable bonds is 1. The molecule has 2 aliphatic rings. The lowest BCUT2D eigenvalue weighted by atomic mass is 9.90. The van der Waals surface area contributed by atoms with Crippen molar-refractivity contribution in [1.82, 2.24) is 15.5 Å². The quantitative estimate of drug-likeness (QED) is 0.754. The number of fused-ring (bicyclic) bond motifs is 1. The smallest absolute Gasteiger partial charge is 0.234 e. The Kier molecular flexibility index (Phi) is 3.06. The molecular weight excluding hydrogens is 226 g/mol. The number of nitrogens with zero attached hydrogens (tertiary/aromatic N) is 1. The van der Waals surface area contributed by atoms with Gasteiger partial charge in [0.15, 0.2) is 0 Å². The fourth-order valence-electron chi connectivity index (χ4n) is 2.97. The third kappa shape index (κ3) is 2.13. The molecule has 0 radical (unpaired) electrons. The molecule has 3 rings (SSSR count). The van der Waals surface area contributed by atoms with Crippen molar-refractivity contribution in [2.24, 2.45) is 0 Å². The number of carbonyl (C=O) groups excluding carboxylic acids is 1. The van der Waals surface area contributed by atoms with Crippen LogP contribution in [0.5, 0.6) is 0 Å². The maximum atomic E-state index is 11.7. The first-order chi connectivity index (χ1) is 8.74. The van der Waals surface area contributed by atoms with E-state index in [1.807, 2.05) is 7.05 Å². The highest BCUT2D eigenvalue weighted by Crippen LogP contribution is 2.26. The summed E-state index contributed by atoms with van der Waals surface area (Å²) >= 11 is 0. The van der Waals surface area contributed by atoms with Crippen LogP contribution in [0.15, 0.2) is 18.2 Å². The summed E-state index contributed by atoms with van der Waals surface area (Å²) in [5.41, 5.74) is 4.10. The zero-order chi connectivity index (χ0) is 12.5. The average molecular weight is 245 g/mol. The van der Waals surface area contributed by atoms with Crippen LogP contribution < -0.4 is 10.6 Å². The number of hydrogen-bond acceptors (Lipinski definition) is 3. The van der Waals surface area contributed by atoms with Gasteiger partial charge in [0.1, 0.15) is 0 Å². The highest BCUT2D eigenvalue weighted by atomic mass is 16.2. The molecule has 2 heterocycles. The van der Waals surface area contributed by atoms with Gasteiger partial charge in [0.05, 0.1) is 12.6 Å². The summed E-state index contributed by atoms with van der Waals surface area (Å²) in [5.74, 6) is 0.125. The monoisotopic (exact) mass is 245 g/mol. The van der Waals surface area contributed by atoms with E-state index >= 15 is 0 Å². The molecule has 1 unspecified atom stereocenters. The van der Waals surface area contributed by atoms with Crippen LogP contribution in [0.1, 0.15) is 22.7 Å². The summed E-state index contributed by atoms with van der Waals surface area (Å²) in [7, 11) is 2.00. The van der Waals surface area contributed by atoms with Gasteiger partial charge in [0, 0.05) is 13.1 Å². The van der Waals surface area contributed by atoms with E-state index in [4.69, 9.17) is 0 Å². The molecule has 1 atom stereocenters. The van der Waals surface area contributed by atoms with Crippen LogP contribution in [-0.2, 0) is 17.8 Å². The zero-order valence-corrected chi connectivity index (χ0v) is 10.7. The van der Waals surface area contributed by atoms with Gasteiger partial charge in [-0.15, -0.1) is 0 Å². The van der Waals surface area contributed by atoms with Gasteiger partial charge in [-0.3, -0.25) is 9.69 Å². The SMILES string of the molecule is CN1CC(=O)NC(c2cccc3c2CCNC3)C1. The van der Waals surface area contributed by atoms with Crippen LogP contribution in [-0.4, -0.2) is 37.5 Å². The van der Waals surface area contributed by atoms with E-state index < -0.39 is 0 Å². The van der Waals surface area contributed by atoms with Gasteiger partial charge in [-0.1, -0.05) is 18.2 Å². The topological polar surface area (TPSA) is 44.4 Å². The van der Waals surface area contributed by atoms with E-state index in [1.165, 1.54) is 16.7 Å². The number of hydrogen-bond donors (Lipinski definition) is 2. The Morgan fingerprint density at radius 2 is 2.28 bits per heavy atom. The molecule has 2 aliphatic heterocycles. The number of nitrogens with one attached hydrogen (secondary N) is 2. The highest BCUT2D eigenvalue weighted by Gasteiger charge is 2.26. The summed E-state index contributed by atoms with van der Waals surface area (Å²) in [6, 6.07) is 6.58. The molecule has 2 N–H and O–H groups in total. The first-order valence-corrected chi connectivity index (χ1v) is 6.53. The lowest BCUT2D eigenvalue weighted by molar-refractivity contribution is -0.125. The minimum Gasteiger partial charge on any atom is -0.347 e. The Bertz CT molecular complexity index is 472. The average Bonchev–Trinajstić information content (AvgIpc) is 2.37. The van der Waals surface area contributed by atoms with Gasteiger partial charge in [0.2, 0.25) is 5.91 Å². The molecule has 1 saturated heterocycles. The maximum absolute atomic E-state index is 11.7. The zero-order valence-electron chi connectivity index (χ0n) is 10.7. The number of benzene rings is 1. The van der Waals surface area contributed by atoms with E-state index in [0.717, 1.165) is 26.1 Å². The number of carbonyl (C=O) groups is 1. The van der Waals surface area contributed by atoms with Gasteiger partial charge in [-0.2, -0.15) is 0 Å².